The van der Waals surface area contributed by atoms with E-state index in [1.54, 1.807) is 25.1 Å². The molecule has 1 heterocycles. The van der Waals surface area contributed by atoms with Gasteiger partial charge in [0.05, 0.1) is 28.5 Å². The van der Waals surface area contributed by atoms with Crippen LogP contribution in [0, 0.1) is 17.0 Å². The number of hydrogen-bond acceptors (Lipinski definition) is 8. The Morgan fingerprint density at radius 1 is 1.03 bits per heavy atom. The summed E-state index contributed by atoms with van der Waals surface area (Å²) in [6.07, 6.45) is 1.59. The highest BCUT2D eigenvalue weighted by Gasteiger charge is 2.35. The van der Waals surface area contributed by atoms with Gasteiger partial charge in [-0.2, -0.15) is 0 Å². The van der Waals surface area contributed by atoms with Crippen LogP contribution in [0.4, 0.5) is 10.5 Å². The Bertz CT molecular complexity index is 1400. The van der Waals surface area contributed by atoms with Crippen molar-refractivity contribution < 1.29 is 28.8 Å². The molecule has 1 fully saturated rings. The largest absolute Gasteiger partial charge is 0.490 e. The molecule has 1 aliphatic heterocycles. The number of hydrogen-bond donors (Lipinski definition) is 0. The number of ether oxygens (including phenoxy) is 2. The molecule has 3 aromatic rings. The third-order valence-electron chi connectivity index (χ3n) is 5.42. The monoisotopic (exact) mass is 518 g/mol. The number of amides is 2. The molecule has 0 saturated carbocycles. The molecule has 188 valence electrons. The van der Waals surface area contributed by atoms with E-state index in [2.05, 4.69) is 0 Å². The number of non-ortho nitro benzene ring substituents is 1. The first-order valence-electron chi connectivity index (χ1n) is 11.3. The number of nitrogens with zero attached hydrogens (tertiary/aromatic N) is 2. The lowest BCUT2D eigenvalue weighted by Crippen LogP contribution is -2.27. The smallest absolute Gasteiger partial charge is 0.343 e. The van der Waals surface area contributed by atoms with Gasteiger partial charge in [0, 0.05) is 12.1 Å². The van der Waals surface area contributed by atoms with Crippen molar-refractivity contribution in [1.29, 1.82) is 0 Å². The summed E-state index contributed by atoms with van der Waals surface area (Å²) in [7, 11) is 0. The van der Waals surface area contributed by atoms with Crippen molar-refractivity contribution >= 4 is 40.6 Å². The molecule has 0 spiro atoms. The lowest BCUT2D eigenvalue weighted by atomic mass is 10.1. The number of benzene rings is 3. The second-order valence-corrected chi connectivity index (χ2v) is 9.08. The molecular weight excluding hydrogens is 496 g/mol. The number of thioether (sulfide) groups is 1. The zero-order chi connectivity index (χ0) is 26.5. The Morgan fingerprint density at radius 2 is 1.73 bits per heavy atom. The van der Waals surface area contributed by atoms with E-state index >= 15 is 0 Å². The fraction of sp³-hybridized carbons (Fsp3) is 0.148. The number of imide groups is 1. The molecule has 0 aromatic heterocycles. The van der Waals surface area contributed by atoms with E-state index in [0.717, 1.165) is 22.9 Å². The van der Waals surface area contributed by atoms with Gasteiger partial charge in [0.1, 0.15) is 0 Å². The minimum atomic E-state index is -0.708. The van der Waals surface area contributed by atoms with Gasteiger partial charge in [-0.25, -0.2) is 4.79 Å². The second kappa shape index (κ2) is 11.1. The van der Waals surface area contributed by atoms with Gasteiger partial charge in [-0.05, 0) is 67.1 Å². The van der Waals surface area contributed by atoms with Crippen LogP contribution in [0.1, 0.15) is 34.0 Å². The van der Waals surface area contributed by atoms with Crippen LogP contribution in [0.25, 0.3) is 6.08 Å². The van der Waals surface area contributed by atoms with E-state index in [4.69, 9.17) is 9.47 Å². The van der Waals surface area contributed by atoms with Crippen LogP contribution in [0.15, 0.2) is 71.6 Å². The minimum absolute atomic E-state index is 0.138. The van der Waals surface area contributed by atoms with E-state index < -0.39 is 10.9 Å². The highest BCUT2D eigenvalue weighted by Crippen LogP contribution is 2.35. The summed E-state index contributed by atoms with van der Waals surface area (Å²) < 4.78 is 11.1. The van der Waals surface area contributed by atoms with E-state index in [1.807, 2.05) is 31.2 Å². The Morgan fingerprint density at radius 3 is 2.38 bits per heavy atom. The first-order valence-corrected chi connectivity index (χ1v) is 12.1. The summed E-state index contributed by atoms with van der Waals surface area (Å²) in [4.78, 5) is 49.7. The molecule has 0 bridgehead atoms. The summed E-state index contributed by atoms with van der Waals surface area (Å²) in [6.45, 7) is 4.21. The van der Waals surface area contributed by atoms with Crippen molar-refractivity contribution in [3.63, 3.8) is 0 Å². The normalized spacial score (nSPS) is 14.2. The van der Waals surface area contributed by atoms with Crippen LogP contribution in [-0.2, 0) is 11.3 Å². The third kappa shape index (κ3) is 6.04. The predicted molar refractivity (Wildman–Crippen MR) is 138 cm³/mol. The quantitative estimate of drug-likeness (QED) is 0.122. The van der Waals surface area contributed by atoms with Gasteiger partial charge in [0.15, 0.2) is 11.5 Å². The highest BCUT2D eigenvalue weighted by atomic mass is 32.2. The highest BCUT2D eigenvalue weighted by molar-refractivity contribution is 8.18. The first-order chi connectivity index (χ1) is 17.7. The van der Waals surface area contributed by atoms with Gasteiger partial charge in [-0.1, -0.05) is 35.9 Å². The average molecular weight is 519 g/mol. The van der Waals surface area contributed by atoms with Gasteiger partial charge < -0.3 is 9.47 Å². The summed E-state index contributed by atoms with van der Waals surface area (Å²) in [6, 6.07) is 17.4. The second-order valence-electron chi connectivity index (χ2n) is 8.09. The SMILES string of the molecule is CCOc1cc(/C=C2\SC(=O)N(Cc3ccc(C)cc3)C2=O)ccc1OC(=O)c1ccc([N+](=O)[O-])cc1. The lowest BCUT2D eigenvalue weighted by Gasteiger charge is -2.13. The van der Waals surface area contributed by atoms with E-state index in [-0.39, 0.29) is 45.3 Å². The molecule has 1 aliphatic rings. The molecule has 10 heteroatoms. The topological polar surface area (TPSA) is 116 Å². The Balaban J connectivity index is 1.51. The summed E-state index contributed by atoms with van der Waals surface area (Å²) in [5, 5.41) is 10.5. The summed E-state index contributed by atoms with van der Waals surface area (Å²) >= 11 is 0.858. The van der Waals surface area contributed by atoms with Crippen LogP contribution in [-0.4, -0.2) is 33.5 Å². The van der Waals surface area contributed by atoms with Crippen LogP contribution in [0.2, 0.25) is 0 Å². The molecule has 0 aliphatic carbocycles. The van der Waals surface area contributed by atoms with Gasteiger partial charge in [-0.15, -0.1) is 0 Å². The average Bonchev–Trinajstić information content (AvgIpc) is 3.14. The molecule has 9 nitrogen and oxygen atoms in total. The van der Waals surface area contributed by atoms with Crippen LogP contribution in [0.5, 0.6) is 11.5 Å². The van der Waals surface area contributed by atoms with E-state index in [0.29, 0.717) is 12.2 Å². The first kappa shape index (κ1) is 25.6. The number of carbonyl (C=O) groups excluding carboxylic acids is 3. The molecular formula is C27H22N2O7S. The zero-order valence-electron chi connectivity index (χ0n) is 20.0. The molecule has 0 unspecified atom stereocenters. The fourth-order valence-corrected chi connectivity index (χ4v) is 4.35. The van der Waals surface area contributed by atoms with Crippen LogP contribution < -0.4 is 9.47 Å². The van der Waals surface area contributed by atoms with Gasteiger partial charge in [-0.3, -0.25) is 24.6 Å². The maximum atomic E-state index is 12.9. The Labute approximate surface area is 216 Å². The van der Waals surface area contributed by atoms with Gasteiger partial charge in [0.25, 0.3) is 16.8 Å². The van der Waals surface area contributed by atoms with E-state index in [1.165, 1.54) is 35.2 Å². The third-order valence-corrected chi connectivity index (χ3v) is 6.32. The summed E-state index contributed by atoms with van der Waals surface area (Å²) in [5.74, 6) is -0.678. The van der Waals surface area contributed by atoms with Crippen molar-refractivity contribution in [2.45, 2.75) is 20.4 Å². The summed E-state index contributed by atoms with van der Waals surface area (Å²) in [5.41, 5.74) is 2.52. The molecule has 1 saturated heterocycles. The molecule has 0 N–H and O–H groups in total. The van der Waals surface area contributed by atoms with Crippen molar-refractivity contribution in [1.82, 2.24) is 4.90 Å². The maximum absolute atomic E-state index is 12.9. The van der Waals surface area contributed by atoms with Crippen LogP contribution in [0.3, 0.4) is 0 Å². The number of nitro groups is 1. The Kier molecular flexibility index (Phi) is 7.69. The maximum Gasteiger partial charge on any atom is 0.343 e. The molecule has 2 amide bonds. The molecule has 0 radical (unpaired) electrons. The number of aryl methyl sites for hydroxylation is 1. The van der Waals surface area contributed by atoms with Crippen molar-refractivity contribution in [2.75, 3.05) is 6.61 Å². The van der Waals surface area contributed by atoms with E-state index in [9.17, 15) is 24.5 Å². The lowest BCUT2D eigenvalue weighted by molar-refractivity contribution is -0.384. The molecule has 3 aromatic carbocycles. The van der Waals surface area contributed by atoms with Crippen LogP contribution >= 0.6 is 11.8 Å². The standard InChI is InChI=1S/C27H22N2O7S/c1-3-35-23-14-19(8-13-22(23)36-26(31)20-9-11-21(12-10-20)29(33)34)15-24-25(30)28(27(32)37-24)16-18-6-4-17(2)5-7-18/h4-15H,3,16H2,1-2H3/b24-15-. The van der Waals surface area contributed by atoms with Gasteiger partial charge >= 0.3 is 5.97 Å². The zero-order valence-corrected chi connectivity index (χ0v) is 20.8. The molecule has 37 heavy (non-hydrogen) atoms. The van der Waals surface area contributed by atoms with Gasteiger partial charge in [0.2, 0.25) is 0 Å². The number of carbonyl (C=O) groups is 3. The number of rotatable bonds is 8. The van der Waals surface area contributed by atoms with Crippen molar-refractivity contribution in [2.24, 2.45) is 0 Å². The fourth-order valence-electron chi connectivity index (χ4n) is 3.51. The molecule has 0 atom stereocenters. The number of esters is 1. The van der Waals surface area contributed by atoms with Crippen molar-refractivity contribution in [3.05, 3.63) is 104 Å². The predicted octanol–water partition coefficient (Wildman–Crippen LogP) is 5.76. The number of nitro benzene ring substituents is 1. The van der Waals surface area contributed by atoms with Crippen molar-refractivity contribution in [3.8, 4) is 11.5 Å². The Hall–Kier alpha value is -4.44. The molecule has 4 rings (SSSR count). The minimum Gasteiger partial charge on any atom is -0.490 e.